The Labute approximate surface area is 90.3 Å². The van der Waals surface area contributed by atoms with E-state index >= 15 is 0 Å². The first-order valence-electron chi connectivity index (χ1n) is 5.04. The number of hydrogen-bond acceptors (Lipinski definition) is 3. The first-order chi connectivity index (χ1) is 6.79. The van der Waals surface area contributed by atoms with Gasteiger partial charge in [0.25, 0.3) is 5.56 Å². The van der Waals surface area contributed by atoms with Gasteiger partial charge < -0.3 is 9.88 Å². The predicted molar refractivity (Wildman–Crippen MR) is 60.9 cm³/mol. The fourth-order valence-electron chi connectivity index (χ4n) is 1.27. The molecule has 1 aromatic rings. The summed E-state index contributed by atoms with van der Waals surface area (Å²) in [6.07, 6.45) is 0. The summed E-state index contributed by atoms with van der Waals surface area (Å²) in [5.41, 5.74) is 0.671. The van der Waals surface area contributed by atoms with E-state index in [-0.39, 0.29) is 11.0 Å². The minimum absolute atomic E-state index is 0.0771. The number of nitrogens with one attached hydrogen (secondary N) is 1. The van der Waals surface area contributed by atoms with Crippen molar-refractivity contribution in [3.8, 4) is 0 Å². The normalized spacial score (nSPS) is 12.1. The third-order valence-corrected chi connectivity index (χ3v) is 2.03. The third kappa shape index (κ3) is 3.47. The maximum atomic E-state index is 11.4. The first kappa shape index (κ1) is 11.9. The van der Waals surface area contributed by atoms with E-state index in [0.29, 0.717) is 6.54 Å². The van der Waals surface area contributed by atoms with E-state index in [2.05, 4.69) is 9.97 Å². The van der Waals surface area contributed by atoms with Crippen molar-refractivity contribution < 1.29 is 0 Å². The fourth-order valence-corrected chi connectivity index (χ4v) is 1.27. The zero-order valence-electron chi connectivity index (χ0n) is 10.1. The molecule has 0 spiro atoms. The molecule has 15 heavy (non-hydrogen) atoms. The summed E-state index contributed by atoms with van der Waals surface area (Å²) in [6, 6.07) is 1.57. The van der Waals surface area contributed by atoms with Gasteiger partial charge in [0.2, 0.25) is 0 Å². The minimum atomic E-state index is -0.0880. The summed E-state index contributed by atoms with van der Waals surface area (Å²) in [4.78, 5) is 20.6. The molecule has 84 valence electrons. The molecule has 0 aliphatic carbocycles. The van der Waals surface area contributed by atoms with Gasteiger partial charge in [0.05, 0.1) is 12.2 Å². The number of aromatic nitrogens is 2. The van der Waals surface area contributed by atoms with Crippen LogP contribution in [0, 0.1) is 0 Å². The van der Waals surface area contributed by atoms with E-state index in [1.807, 2.05) is 39.8 Å². The molecule has 0 saturated heterocycles. The highest BCUT2D eigenvalue weighted by atomic mass is 16.1. The van der Waals surface area contributed by atoms with Crippen molar-refractivity contribution in [1.29, 1.82) is 0 Å². The molecule has 0 atom stereocenters. The van der Waals surface area contributed by atoms with Crippen LogP contribution in [0.3, 0.4) is 0 Å². The summed E-state index contributed by atoms with van der Waals surface area (Å²) in [5, 5.41) is 0. The zero-order valence-corrected chi connectivity index (χ0v) is 10.1. The average molecular weight is 209 g/mol. The van der Waals surface area contributed by atoms with Crippen LogP contribution in [0.4, 0.5) is 0 Å². The van der Waals surface area contributed by atoms with Crippen molar-refractivity contribution in [2.24, 2.45) is 0 Å². The van der Waals surface area contributed by atoms with Gasteiger partial charge in [-0.1, -0.05) is 20.8 Å². The van der Waals surface area contributed by atoms with Gasteiger partial charge in [0.15, 0.2) is 0 Å². The van der Waals surface area contributed by atoms with Gasteiger partial charge in [0.1, 0.15) is 5.82 Å². The average Bonchev–Trinajstić information content (AvgIpc) is 1.99. The molecule has 1 aromatic heterocycles. The lowest BCUT2D eigenvalue weighted by Crippen LogP contribution is -2.23. The Balaban J connectivity index is 3.11. The maximum Gasteiger partial charge on any atom is 0.251 e. The molecule has 0 amide bonds. The third-order valence-electron chi connectivity index (χ3n) is 2.03. The molecule has 4 heteroatoms. The molecule has 0 radical (unpaired) electrons. The lowest BCUT2D eigenvalue weighted by molar-refractivity contribution is 0.387. The van der Waals surface area contributed by atoms with Crippen LogP contribution in [0.25, 0.3) is 0 Å². The SMILES string of the molecule is CN(C)Cc1nc(C(C)(C)C)cc(=O)[nH]1. The highest BCUT2D eigenvalue weighted by Gasteiger charge is 2.16. The largest absolute Gasteiger partial charge is 0.309 e. The minimum Gasteiger partial charge on any atom is -0.309 e. The number of hydrogen-bond donors (Lipinski definition) is 1. The molecule has 1 rings (SSSR count). The summed E-state index contributed by atoms with van der Waals surface area (Å²) >= 11 is 0. The molecule has 1 N–H and O–H groups in total. The van der Waals surface area contributed by atoms with E-state index in [0.717, 1.165) is 11.5 Å². The highest BCUT2D eigenvalue weighted by molar-refractivity contribution is 5.12. The second kappa shape index (κ2) is 4.14. The van der Waals surface area contributed by atoms with Crippen LogP contribution in [0.1, 0.15) is 32.3 Å². The van der Waals surface area contributed by atoms with Gasteiger partial charge in [-0.15, -0.1) is 0 Å². The van der Waals surface area contributed by atoms with Crippen LogP contribution < -0.4 is 5.56 Å². The van der Waals surface area contributed by atoms with Crippen LogP contribution in [-0.2, 0) is 12.0 Å². The van der Waals surface area contributed by atoms with Crippen molar-refractivity contribution in [1.82, 2.24) is 14.9 Å². The smallest absolute Gasteiger partial charge is 0.251 e. The topological polar surface area (TPSA) is 49.0 Å². The van der Waals surface area contributed by atoms with Gasteiger partial charge >= 0.3 is 0 Å². The van der Waals surface area contributed by atoms with E-state index in [1.165, 1.54) is 0 Å². The number of aromatic amines is 1. The van der Waals surface area contributed by atoms with Crippen LogP contribution in [0.15, 0.2) is 10.9 Å². The quantitative estimate of drug-likeness (QED) is 0.794. The Morgan fingerprint density at radius 3 is 2.47 bits per heavy atom. The van der Waals surface area contributed by atoms with Crippen LogP contribution in [0.2, 0.25) is 0 Å². The second-order valence-electron chi connectivity index (χ2n) is 5.07. The molecule has 0 bridgehead atoms. The first-order valence-corrected chi connectivity index (χ1v) is 5.04. The Morgan fingerprint density at radius 2 is 2.00 bits per heavy atom. The van der Waals surface area contributed by atoms with Crippen LogP contribution in [-0.4, -0.2) is 29.0 Å². The van der Waals surface area contributed by atoms with E-state index in [1.54, 1.807) is 6.07 Å². The van der Waals surface area contributed by atoms with E-state index in [9.17, 15) is 4.79 Å². The summed E-state index contributed by atoms with van der Waals surface area (Å²) < 4.78 is 0. The maximum absolute atomic E-state index is 11.4. The standard InChI is InChI=1S/C11H19N3O/c1-11(2,3)8-6-10(15)13-9(12-8)7-14(4)5/h6H,7H2,1-5H3,(H,12,13,15). The molecule has 0 aliphatic heterocycles. The van der Waals surface area contributed by atoms with Gasteiger partial charge in [-0.3, -0.25) is 4.79 Å². The molecule has 0 unspecified atom stereocenters. The molecule has 0 aliphatic rings. The molecule has 0 saturated carbocycles. The van der Waals surface area contributed by atoms with Crippen molar-refractivity contribution in [3.05, 3.63) is 27.9 Å². The van der Waals surface area contributed by atoms with Gasteiger partial charge in [-0.2, -0.15) is 0 Å². The van der Waals surface area contributed by atoms with Crippen LogP contribution in [0.5, 0.6) is 0 Å². The Hall–Kier alpha value is -1.16. The number of H-pyrrole nitrogens is 1. The van der Waals surface area contributed by atoms with Crippen molar-refractivity contribution in [2.75, 3.05) is 14.1 Å². The Kier molecular flexibility index (Phi) is 3.29. The van der Waals surface area contributed by atoms with Crippen molar-refractivity contribution in [3.63, 3.8) is 0 Å². The monoisotopic (exact) mass is 209 g/mol. The highest BCUT2D eigenvalue weighted by Crippen LogP contribution is 2.18. The van der Waals surface area contributed by atoms with Crippen LogP contribution >= 0.6 is 0 Å². The summed E-state index contributed by atoms with van der Waals surface area (Å²) in [6.45, 7) is 6.80. The zero-order chi connectivity index (χ0) is 11.6. The van der Waals surface area contributed by atoms with Crippen molar-refractivity contribution in [2.45, 2.75) is 32.7 Å². The van der Waals surface area contributed by atoms with E-state index < -0.39 is 0 Å². The Bertz CT molecular complexity index is 388. The molecule has 0 fully saturated rings. The van der Waals surface area contributed by atoms with Gasteiger partial charge in [-0.25, -0.2) is 4.98 Å². The summed E-state index contributed by atoms with van der Waals surface area (Å²) in [5.74, 6) is 0.720. The lowest BCUT2D eigenvalue weighted by Gasteiger charge is -2.18. The van der Waals surface area contributed by atoms with Gasteiger partial charge in [0, 0.05) is 11.5 Å². The fraction of sp³-hybridized carbons (Fsp3) is 0.636. The molecule has 0 aromatic carbocycles. The van der Waals surface area contributed by atoms with Gasteiger partial charge in [-0.05, 0) is 14.1 Å². The summed E-state index contributed by atoms with van der Waals surface area (Å²) in [7, 11) is 3.90. The molecular formula is C11H19N3O. The Morgan fingerprint density at radius 1 is 1.40 bits per heavy atom. The number of rotatable bonds is 2. The van der Waals surface area contributed by atoms with Crippen molar-refractivity contribution >= 4 is 0 Å². The second-order valence-corrected chi connectivity index (χ2v) is 5.07. The molecule has 4 nitrogen and oxygen atoms in total. The molecular weight excluding hydrogens is 190 g/mol. The number of nitrogens with zero attached hydrogens (tertiary/aromatic N) is 2. The molecule has 1 heterocycles. The lowest BCUT2D eigenvalue weighted by atomic mass is 9.92. The predicted octanol–water partition coefficient (Wildman–Crippen LogP) is 1.13. The van der Waals surface area contributed by atoms with E-state index in [4.69, 9.17) is 0 Å².